The fourth-order valence-corrected chi connectivity index (χ4v) is 4.68. The zero-order chi connectivity index (χ0) is 21.6. The summed E-state index contributed by atoms with van der Waals surface area (Å²) in [7, 11) is -3.54. The van der Waals surface area contributed by atoms with Crippen molar-refractivity contribution in [2.75, 3.05) is 26.2 Å². The molecular weight excluding hydrogens is 400 g/mol. The number of rotatable bonds is 6. The Morgan fingerprint density at radius 2 is 1.60 bits per heavy atom. The fraction of sp³-hybridized carbons (Fsp3) is 0.273. The normalized spacial score (nSPS) is 16.5. The Balaban J connectivity index is 1.61. The van der Waals surface area contributed by atoms with E-state index < -0.39 is 15.9 Å². The largest absolute Gasteiger partial charge is 0.373 e. The molecule has 156 valence electrons. The molecule has 1 atom stereocenters. The van der Waals surface area contributed by atoms with E-state index in [4.69, 9.17) is 0 Å². The number of carbonyl (C=O) groups is 1. The zero-order valence-corrected chi connectivity index (χ0v) is 17.5. The van der Waals surface area contributed by atoms with Crippen molar-refractivity contribution in [1.82, 2.24) is 14.5 Å². The minimum atomic E-state index is -3.54. The van der Waals surface area contributed by atoms with Crippen molar-refractivity contribution in [2.45, 2.75) is 17.9 Å². The summed E-state index contributed by atoms with van der Waals surface area (Å²) >= 11 is 0. The van der Waals surface area contributed by atoms with Crippen molar-refractivity contribution in [3.63, 3.8) is 0 Å². The third-order valence-electron chi connectivity index (χ3n) is 4.98. The van der Waals surface area contributed by atoms with Crippen molar-refractivity contribution in [1.29, 1.82) is 5.26 Å². The molecular formula is C22H24N4O3S. The Labute approximate surface area is 177 Å². The molecule has 1 aliphatic heterocycles. The standard InChI is InChI=1S/C22H24N4O3S/c1-18(19-8-4-2-5-9-19)24-22(27)20(16-23)17-25-12-14-26(15-13-25)30(28,29)21-10-6-3-7-11-21/h2-11,17-18H,12-15H2,1H3,(H,24,27)/b20-17-. The summed E-state index contributed by atoms with van der Waals surface area (Å²) in [5.41, 5.74) is 0.944. The number of hydrogen-bond acceptors (Lipinski definition) is 5. The predicted octanol–water partition coefficient (Wildman–Crippen LogP) is 2.28. The lowest BCUT2D eigenvalue weighted by Crippen LogP contribution is -2.47. The first-order valence-electron chi connectivity index (χ1n) is 9.69. The summed E-state index contributed by atoms with van der Waals surface area (Å²) < 4.78 is 26.9. The number of amides is 1. The number of benzene rings is 2. The van der Waals surface area contributed by atoms with Crippen molar-refractivity contribution < 1.29 is 13.2 Å². The molecule has 1 saturated heterocycles. The Bertz CT molecular complexity index is 1040. The highest BCUT2D eigenvalue weighted by Gasteiger charge is 2.28. The van der Waals surface area contributed by atoms with Gasteiger partial charge in [-0.1, -0.05) is 48.5 Å². The van der Waals surface area contributed by atoms with E-state index in [1.807, 2.05) is 48.2 Å². The van der Waals surface area contributed by atoms with E-state index in [0.717, 1.165) is 5.56 Å². The topological polar surface area (TPSA) is 93.5 Å². The van der Waals surface area contributed by atoms with Gasteiger partial charge in [0.25, 0.3) is 5.91 Å². The van der Waals surface area contributed by atoms with E-state index in [1.54, 1.807) is 30.3 Å². The number of carbonyl (C=O) groups excluding carboxylic acids is 1. The molecule has 1 aliphatic rings. The molecule has 0 aliphatic carbocycles. The molecule has 1 N–H and O–H groups in total. The highest BCUT2D eigenvalue weighted by molar-refractivity contribution is 7.89. The van der Waals surface area contributed by atoms with Crippen LogP contribution in [-0.4, -0.2) is 49.7 Å². The molecule has 2 aromatic rings. The van der Waals surface area contributed by atoms with E-state index in [0.29, 0.717) is 13.1 Å². The second kappa shape index (κ2) is 9.57. The molecule has 1 heterocycles. The average Bonchev–Trinajstić information content (AvgIpc) is 2.78. The monoisotopic (exact) mass is 424 g/mol. The van der Waals surface area contributed by atoms with Crippen molar-refractivity contribution in [2.24, 2.45) is 0 Å². The maximum Gasteiger partial charge on any atom is 0.263 e. The Kier molecular flexibility index (Phi) is 6.87. The number of nitrogens with one attached hydrogen (secondary N) is 1. The van der Waals surface area contributed by atoms with E-state index >= 15 is 0 Å². The molecule has 0 aromatic heterocycles. The molecule has 8 heteroatoms. The minimum Gasteiger partial charge on any atom is -0.373 e. The van der Waals surface area contributed by atoms with Crippen LogP contribution >= 0.6 is 0 Å². The molecule has 7 nitrogen and oxygen atoms in total. The Morgan fingerprint density at radius 1 is 1.03 bits per heavy atom. The van der Waals surface area contributed by atoms with Crippen LogP contribution in [0.25, 0.3) is 0 Å². The highest BCUT2D eigenvalue weighted by Crippen LogP contribution is 2.18. The van der Waals surface area contributed by atoms with Crippen molar-refractivity contribution in [3.05, 3.63) is 78.0 Å². The molecule has 1 amide bonds. The molecule has 3 rings (SSSR count). The number of piperazine rings is 1. The summed E-state index contributed by atoms with van der Waals surface area (Å²) in [5.74, 6) is -0.451. The minimum absolute atomic E-state index is 0.00264. The molecule has 0 saturated carbocycles. The van der Waals surface area contributed by atoms with Gasteiger partial charge in [-0.15, -0.1) is 0 Å². The molecule has 30 heavy (non-hydrogen) atoms. The zero-order valence-electron chi connectivity index (χ0n) is 16.7. The van der Waals surface area contributed by atoms with Gasteiger partial charge in [0.2, 0.25) is 10.0 Å². The van der Waals surface area contributed by atoms with Crippen LogP contribution in [0.2, 0.25) is 0 Å². The van der Waals surface area contributed by atoms with E-state index in [1.165, 1.54) is 10.5 Å². The number of hydrogen-bond donors (Lipinski definition) is 1. The van der Waals surface area contributed by atoms with Gasteiger partial charge >= 0.3 is 0 Å². The Hall–Kier alpha value is -3.15. The first kappa shape index (κ1) is 21.6. The first-order chi connectivity index (χ1) is 14.4. The second-order valence-electron chi connectivity index (χ2n) is 7.01. The van der Waals surface area contributed by atoms with Crippen LogP contribution in [0.4, 0.5) is 0 Å². The van der Waals surface area contributed by atoms with Crippen LogP contribution in [0.5, 0.6) is 0 Å². The van der Waals surface area contributed by atoms with Crippen LogP contribution in [-0.2, 0) is 14.8 Å². The van der Waals surface area contributed by atoms with E-state index in [9.17, 15) is 18.5 Å². The van der Waals surface area contributed by atoms with Gasteiger partial charge in [0.15, 0.2) is 0 Å². The van der Waals surface area contributed by atoms with Crippen LogP contribution in [0.15, 0.2) is 77.3 Å². The summed E-state index contributed by atoms with van der Waals surface area (Å²) in [6.45, 7) is 3.23. The van der Waals surface area contributed by atoms with E-state index in [-0.39, 0.29) is 29.6 Å². The van der Waals surface area contributed by atoms with E-state index in [2.05, 4.69) is 5.32 Å². The highest BCUT2D eigenvalue weighted by atomic mass is 32.2. The first-order valence-corrected chi connectivity index (χ1v) is 11.1. The lowest BCUT2D eigenvalue weighted by atomic mass is 10.1. The van der Waals surface area contributed by atoms with Gasteiger partial charge in [0.1, 0.15) is 11.6 Å². The number of nitriles is 1. The molecule has 0 spiro atoms. The smallest absolute Gasteiger partial charge is 0.263 e. The molecule has 0 bridgehead atoms. The van der Waals surface area contributed by atoms with Gasteiger partial charge in [0.05, 0.1) is 10.9 Å². The number of sulfonamides is 1. The van der Waals surface area contributed by atoms with Crippen LogP contribution in [0, 0.1) is 11.3 Å². The summed E-state index contributed by atoms with van der Waals surface area (Å²) in [5, 5.41) is 12.3. The summed E-state index contributed by atoms with van der Waals surface area (Å²) in [6.07, 6.45) is 1.51. The SMILES string of the molecule is CC(NC(=O)/C(C#N)=C\N1CCN(S(=O)(=O)c2ccccc2)CC1)c1ccccc1. The third kappa shape index (κ3) is 5.06. The van der Waals surface area contributed by atoms with Crippen LogP contribution in [0.3, 0.4) is 0 Å². The molecule has 1 unspecified atom stereocenters. The second-order valence-corrected chi connectivity index (χ2v) is 8.95. The van der Waals surface area contributed by atoms with Gasteiger partial charge < -0.3 is 10.2 Å². The molecule has 0 radical (unpaired) electrons. The molecule has 2 aromatic carbocycles. The van der Waals surface area contributed by atoms with Gasteiger partial charge in [-0.05, 0) is 24.6 Å². The van der Waals surface area contributed by atoms with Crippen molar-refractivity contribution in [3.8, 4) is 6.07 Å². The lowest BCUT2D eigenvalue weighted by molar-refractivity contribution is -0.117. The maximum atomic E-state index is 12.7. The average molecular weight is 425 g/mol. The van der Waals surface area contributed by atoms with Gasteiger partial charge in [-0.25, -0.2) is 8.42 Å². The maximum absolute atomic E-state index is 12.7. The molecule has 1 fully saturated rings. The van der Waals surface area contributed by atoms with Crippen molar-refractivity contribution >= 4 is 15.9 Å². The van der Waals surface area contributed by atoms with Gasteiger partial charge in [0, 0.05) is 32.4 Å². The van der Waals surface area contributed by atoms with Crippen LogP contribution < -0.4 is 5.32 Å². The summed E-state index contributed by atoms with van der Waals surface area (Å²) in [4.78, 5) is 14.6. The Morgan fingerprint density at radius 3 is 2.17 bits per heavy atom. The predicted molar refractivity (Wildman–Crippen MR) is 113 cm³/mol. The lowest BCUT2D eigenvalue weighted by Gasteiger charge is -2.33. The number of nitrogens with zero attached hydrogens (tertiary/aromatic N) is 3. The third-order valence-corrected chi connectivity index (χ3v) is 6.89. The van der Waals surface area contributed by atoms with Crippen LogP contribution in [0.1, 0.15) is 18.5 Å². The summed E-state index contributed by atoms with van der Waals surface area (Å²) in [6, 6.07) is 19.5. The quantitative estimate of drug-likeness (QED) is 0.567. The van der Waals surface area contributed by atoms with Gasteiger partial charge in [-0.3, -0.25) is 4.79 Å². The van der Waals surface area contributed by atoms with Gasteiger partial charge in [-0.2, -0.15) is 9.57 Å². The fourth-order valence-electron chi connectivity index (χ4n) is 3.23.